The highest BCUT2D eigenvalue weighted by Crippen LogP contribution is 2.15. The van der Waals surface area contributed by atoms with E-state index >= 15 is 0 Å². The van der Waals surface area contributed by atoms with E-state index in [1.54, 1.807) is 0 Å². The molecule has 0 radical (unpaired) electrons. The molecule has 0 bridgehead atoms. The Bertz CT molecular complexity index is 375. The summed E-state index contributed by atoms with van der Waals surface area (Å²) in [6, 6.07) is 0. The lowest BCUT2D eigenvalue weighted by Crippen LogP contribution is -2.26. The number of nitrogens with one attached hydrogen (secondary N) is 2. The molecule has 1 unspecified atom stereocenters. The van der Waals surface area contributed by atoms with Gasteiger partial charge in [-0.15, -0.1) is 0 Å². The first-order valence-electron chi connectivity index (χ1n) is 6.06. The summed E-state index contributed by atoms with van der Waals surface area (Å²) in [5.41, 5.74) is 2.25. The molecule has 0 aromatic carbocycles. The van der Waals surface area contributed by atoms with Crippen LogP contribution in [0.25, 0.3) is 0 Å². The van der Waals surface area contributed by atoms with E-state index in [0.717, 1.165) is 37.4 Å². The Kier molecular flexibility index (Phi) is 3.78. The summed E-state index contributed by atoms with van der Waals surface area (Å²) in [4.78, 5) is 11.9. The van der Waals surface area contributed by atoms with Crippen molar-refractivity contribution >= 4 is 5.91 Å². The van der Waals surface area contributed by atoms with Crippen LogP contribution in [0.3, 0.4) is 0 Å². The highest BCUT2D eigenvalue weighted by molar-refractivity contribution is 5.96. The highest BCUT2D eigenvalue weighted by atomic mass is 16.5. The average molecular weight is 237 g/mol. The predicted octanol–water partition coefficient (Wildman–Crippen LogP) is 1.18. The maximum atomic E-state index is 11.9. The molecular weight excluding hydrogens is 218 g/mol. The van der Waals surface area contributed by atoms with Crippen LogP contribution in [-0.4, -0.2) is 35.9 Å². The smallest absolute Gasteiger partial charge is 0.255 e. The molecule has 1 atom stereocenters. The van der Waals surface area contributed by atoms with Crippen molar-refractivity contribution in [3.8, 4) is 0 Å². The molecule has 5 nitrogen and oxygen atoms in total. The third-order valence-corrected chi connectivity index (χ3v) is 3.22. The fraction of sp³-hybridized carbons (Fsp3) is 0.667. The molecule has 17 heavy (non-hydrogen) atoms. The largest absolute Gasteiger partial charge is 0.381 e. The van der Waals surface area contributed by atoms with E-state index in [0.29, 0.717) is 18.0 Å². The Morgan fingerprint density at radius 2 is 2.41 bits per heavy atom. The van der Waals surface area contributed by atoms with E-state index in [4.69, 9.17) is 4.74 Å². The zero-order valence-electron chi connectivity index (χ0n) is 10.4. The molecule has 5 heteroatoms. The SMILES string of the molecule is Cc1n[nH]c(C)c1C(=O)NCCC1CCOC1. The van der Waals surface area contributed by atoms with Crippen LogP contribution in [0.2, 0.25) is 0 Å². The number of hydrogen-bond acceptors (Lipinski definition) is 3. The zero-order valence-corrected chi connectivity index (χ0v) is 10.4. The number of rotatable bonds is 4. The summed E-state index contributed by atoms with van der Waals surface area (Å²) in [6.45, 7) is 6.10. The maximum absolute atomic E-state index is 11.9. The minimum atomic E-state index is -0.0346. The first kappa shape index (κ1) is 12.1. The van der Waals surface area contributed by atoms with Gasteiger partial charge in [-0.05, 0) is 32.6 Å². The van der Waals surface area contributed by atoms with Crippen LogP contribution in [-0.2, 0) is 4.74 Å². The van der Waals surface area contributed by atoms with E-state index in [9.17, 15) is 4.79 Å². The van der Waals surface area contributed by atoms with Crippen LogP contribution in [0.1, 0.15) is 34.6 Å². The lowest BCUT2D eigenvalue weighted by Gasteiger charge is -2.08. The molecule has 0 spiro atoms. The summed E-state index contributed by atoms with van der Waals surface area (Å²) in [7, 11) is 0. The van der Waals surface area contributed by atoms with E-state index < -0.39 is 0 Å². The normalized spacial score (nSPS) is 19.5. The Morgan fingerprint density at radius 3 is 3.00 bits per heavy atom. The second-order valence-electron chi connectivity index (χ2n) is 4.58. The number of aryl methyl sites for hydroxylation is 2. The van der Waals surface area contributed by atoms with Gasteiger partial charge >= 0.3 is 0 Å². The van der Waals surface area contributed by atoms with Crippen molar-refractivity contribution in [1.29, 1.82) is 0 Å². The predicted molar refractivity (Wildman–Crippen MR) is 63.9 cm³/mol. The summed E-state index contributed by atoms with van der Waals surface area (Å²) < 4.78 is 5.30. The molecule has 2 heterocycles. The maximum Gasteiger partial charge on any atom is 0.255 e. The van der Waals surface area contributed by atoms with Crippen molar-refractivity contribution in [2.75, 3.05) is 19.8 Å². The van der Waals surface area contributed by atoms with Crippen LogP contribution in [0.4, 0.5) is 0 Å². The standard InChI is InChI=1S/C12H19N3O2/c1-8-11(9(2)15-14-8)12(16)13-5-3-10-4-6-17-7-10/h10H,3-7H2,1-2H3,(H,13,16)(H,14,15). The first-order chi connectivity index (χ1) is 8.18. The third-order valence-electron chi connectivity index (χ3n) is 3.22. The number of amides is 1. The molecule has 94 valence electrons. The number of carbonyl (C=O) groups is 1. The van der Waals surface area contributed by atoms with Crippen molar-refractivity contribution in [1.82, 2.24) is 15.5 Å². The number of aromatic amines is 1. The molecule has 2 N–H and O–H groups in total. The van der Waals surface area contributed by atoms with Gasteiger partial charge in [0.2, 0.25) is 0 Å². The molecule has 1 saturated heterocycles. The Balaban J connectivity index is 1.81. The van der Waals surface area contributed by atoms with Crippen molar-refractivity contribution in [3.63, 3.8) is 0 Å². The third kappa shape index (κ3) is 2.85. The molecular formula is C12H19N3O2. The fourth-order valence-corrected chi connectivity index (χ4v) is 2.17. The zero-order chi connectivity index (χ0) is 12.3. The van der Waals surface area contributed by atoms with Crippen LogP contribution < -0.4 is 5.32 Å². The van der Waals surface area contributed by atoms with E-state index in [2.05, 4.69) is 15.5 Å². The number of H-pyrrole nitrogens is 1. The van der Waals surface area contributed by atoms with Gasteiger partial charge in [0.25, 0.3) is 5.91 Å². The van der Waals surface area contributed by atoms with Gasteiger partial charge in [0.15, 0.2) is 0 Å². The van der Waals surface area contributed by atoms with Crippen molar-refractivity contribution in [2.45, 2.75) is 26.7 Å². The van der Waals surface area contributed by atoms with Crippen LogP contribution in [0.15, 0.2) is 0 Å². The molecule has 1 aliphatic heterocycles. The first-order valence-corrected chi connectivity index (χ1v) is 6.06. The van der Waals surface area contributed by atoms with Crippen molar-refractivity contribution in [2.24, 2.45) is 5.92 Å². The topological polar surface area (TPSA) is 67.0 Å². The van der Waals surface area contributed by atoms with E-state index in [1.807, 2.05) is 13.8 Å². The lowest BCUT2D eigenvalue weighted by atomic mass is 10.1. The van der Waals surface area contributed by atoms with Gasteiger partial charge < -0.3 is 10.1 Å². The van der Waals surface area contributed by atoms with Gasteiger partial charge in [0.1, 0.15) is 0 Å². The number of ether oxygens (including phenoxy) is 1. The van der Waals surface area contributed by atoms with Gasteiger partial charge in [-0.2, -0.15) is 5.10 Å². The van der Waals surface area contributed by atoms with E-state index in [1.165, 1.54) is 0 Å². The molecule has 0 aliphatic carbocycles. The average Bonchev–Trinajstić information content (AvgIpc) is 2.89. The molecule has 0 saturated carbocycles. The summed E-state index contributed by atoms with van der Waals surface area (Å²) in [5.74, 6) is 0.564. The second-order valence-corrected chi connectivity index (χ2v) is 4.58. The summed E-state index contributed by atoms with van der Waals surface area (Å²) in [6.07, 6.45) is 2.10. The monoisotopic (exact) mass is 237 g/mol. The Labute approximate surface area is 101 Å². The molecule has 1 aromatic rings. The number of carbonyl (C=O) groups excluding carboxylic acids is 1. The molecule has 1 aliphatic rings. The Morgan fingerprint density at radius 1 is 1.59 bits per heavy atom. The molecule has 1 fully saturated rings. The minimum Gasteiger partial charge on any atom is -0.381 e. The lowest BCUT2D eigenvalue weighted by molar-refractivity contribution is 0.0949. The Hall–Kier alpha value is -1.36. The number of hydrogen-bond donors (Lipinski definition) is 2. The second kappa shape index (κ2) is 5.31. The van der Waals surface area contributed by atoms with Gasteiger partial charge in [-0.25, -0.2) is 0 Å². The molecule has 1 aromatic heterocycles. The minimum absolute atomic E-state index is 0.0346. The number of nitrogens with zero attached hydrogens (tertiary/aromatic N) is 1. The van der Waals surface area contributed by atoms with Crippen LogP contribution in [0, 0.1) is 19.8 Å². The van der Waals surface area contributed by atoms with Gasteiger partial charge in [-0.3, -0.25) is 9.89 Å². The van der Waals surface area contributed by atoms with Crippen LogP contribution in [0.5, 0.6) is 0 Å². The molecule has 2 rings (SSSR count). The summed E-state index contributed by atoms with van der Waals surface area (Å²) in [5, 5.41) is 9.77. The van der Waals surface area contributed by atoms with Crippen molar-refractivity contribution in [3.05, 3.63) is 17.0 Å². The van der Waals surface area contributed by atoms with Crippen LogP contribution >= 0.6 is 0 Å². The fourth-order valence-electron chi connectivity index (χ4n) is 2.17. The molecule has 1 amide bonds. The highest BCUT2D eigenvalue weighted by Gasteiger charge is 2.17. The van der Waals surface area contributed by atoms with Gasteiger partial charge in [0, 0.05) is 25.5 Å². The van der Waals surface area contributed by atoms with Gasteiger partial charge in [0.05, 0.1) is 11.3 Å². The van der Waals surface area contributed by atoms with E-state index in [-0.39, 0.29) is 5.91 Å². The summed E-state index contributed by atoms with van der Waals surface area (Å²) >= 11 is 0. The quantitative estimate of drug-likeness (QED) is 0.826. The van der Waals surface area contributed by atoms with Gasteiger partial charge in [-0.1, -0.05) is 0 Å². The van der Waals surface area contributed by atoms with Crippen molar-refractivity contribution < 1.29 is 9.53 Å². The number of aromatic nitrogens is 2.